The fourth-order valence-corrected chi connectivity index (χ4v) is 3.95. The van der Waals surface area contributed by atoms with E-state index in [9.17, 15) is 9.18 Å². The standard InChI is InChI=1S/C26H25FN2O2/c27-16-19(17-28)18-31-23-12-10-22(11-13-23)26(30)29-15-14-20-6-4-5-9-24(20)25(29)21-7-2-1-3-8-21/h1-13,16,25H,14-15,17-18,28H2/b19-16-/t25-/m0/s1. The molecule has 0 spiro atoms. The van der Waals surface area contributed by atoms with Gasteiger partial charge < -0.3 is 15.4 Å². The van der Waals surface area contributed by atoms with E-state index >= 15 is 0 Å². The van der Waals surface area contributed by atoms with Gasteiger partial charge in [-0.3, -0.25) is 4.79 Å². The van der Waals surface area contributed by atoms with E-state index in [2.05, 4.69) is 24.3 Å². The Morgan fingerprint density at radius 2 is 1.74 bits per heavy atom. The molecule has 5 heteroatoms. The number of nitrogens with zero attached hydrogens (tertiary/aromatic N) is 1. The third-order valence-electron chi connectivity index (χ3n) is 5.60. The number of fused-ring (bicyclic) bond motifs is 1. The van der Waals surface area contributed by atoms with Gasteiger partial charge in [-0.15, -0.1) is 0 Å². The number of hydrogen-bond acceptors (Lipinski definition) is 3. The molecule has 0 saturated heterocycles. The Kier molecular flexibility index (Phi) is 6.43. The van der Waals surface area contributed by atoms with Crippen molar-refractivity contribution >= 4 is 5.91 Å². The molecule has 4 nitrogen and oxygen atoms in total. The monoisotopic (exact) mass is 416 g/mol. The van der Waals surface area contributed by atoms with Gasteiger partial charge in [0, 0.05) is 24.2 Å². The molecular weight excluding hydrogens is 391 g/mol. The van der Waals surface area contributed by atoms with Crippen molar-refractivity contribution in [2.24, 2.45) is 5.73 Å². The Balaban J connectivity index is 1.58. The lowest BCUT2D eigenvalue weighted by Crippen LogP contribution is -2.40. The minimum atomic E-state index is -0.128. The normalized spacial score (nSPS) is 16.0. The first-order valence-corrected chi connectivity index (χ1v) is 10.4. The average Bonchev–Trinajstić information content (AvgIpc) is 2.84. The Morgan fingerprint density at radius 3 is 2.45 bits per heavy atom. The summed E-state index contributed by atoms with van der Waals surface area (Å²) in [7, 11) is 0. The fraction of sp³-hybridized carbons (Fsp3) is 0.192. The molecule has 3 aromatic carbocycles. The third-order valence-corrected chi connectivity index (χ3v) is 5.60. The van der Waals surface area contributed by atoms with Crippen LogP contribution in [0.15, 0.2) is 90.8 Å². The first-order chi connectivity index (χ1) is 15.2. The Hall–Kier alpha value is -3.44. The van der Waals surface area contributed by atoms with Gasteiger partial charge in [-0.1, -0.05) is 54.6 Å². The number of carbonyl (C=O) groups is 1. The Morgan fingerprint density at radius 1 is 1.03 bits per heavy atom. The third kappa shape index (κ3) is 4.52. The van der Waals surface area contributed by atoms with Crippen molar-refractivity contribution in [3.8, 4) is 5.75 Å². The highest BCUT2D eigenvalue weighted by molar-refractivity contribution is 5.95. The smallest absolute Gasteiger partial charge is 0.254 e. The Labute approximate surface area is 181 Å². The van der Waals surface area contributed by atoms with Crippen LogP contribution in [-0.2, 0) is 6.42 Å². The molecule has 0 aliphatic carbocycles. The lowest BCUT2D eigenvalue weighted by atomic mass is 9.88. The summed E-state index contributed by atoms with van der Waals surface area (Å²) in [5, 5.41) is 0. The summed E-state index contributed by atoms with van der Waals surface area (Å²) in [6.45, 7) is 0.832. The van der Waals surface area contributed by atoms with Gasteiger partial charge in [0.1, 0.15) is 12.4 Å². The van der Waals surface area contributed by atoms with Gasteiger partial charge in [0.25, 0.3) is 5.91 Å². The zero-order valence-corrected chi connectivity index (χ0v) is 17.2. The summed E-state index contributed by atoms with van der Waals surface area (Å²) in [6.07, 6.45) is 1.29. The van der Waals surface area contributed by atoms with E-state index in [0.29, 0.717) is 29.8 Å². The van der Waals surface area contributed by atoms with Gasteiger partial charge in [-0.05, 0) is 47.4 Å². The summed E-state index contributed by atoms with van der Waals surface area (Å²) in [5.41, 5.74) is 9.95. The molecule has 0 saturated carbocycles. The molecule has 158 valence electrons. The van der Waals surface area contributed by atoms with Crippen molar-refractivity contribution in [1.82, 2.24) is 4.90 Å². The molecule has 1 heterocycles. The van der Waals surface area contributed by atoms with E-state index in [0.717, 1.165) is 12.0 Å². The first-order valence-electron chi connectivity index (χ1n) is 10.4. The van der Waals surface area contributed by atoms with Gasteiger partial charge in [0.15, 0.2) is 0 Å². The number of carbonyl (C=O) groups excluding carboxylic acids is 1. The number of ether oxygens (including phenoxy) is 1. The molecule has 1 atom stereocenters. The maximum absolute atomic E-state index is 13.5. The van der Waals surface area contributed by atoms with E-state index in [4.69, 9.17) is 10.5 Å². The lowest BCUT2D eigenvalue weighted by Gasteiger charge is -2.38. The predicted molar refractivity (Wildman–Crippen MR) is 120 cm³/mol. The second-order valence-corrected chi connectivity index (χ2v) is 7.55. The molecular formula is C26H25FN2O2. The van der Waals surface area contributed by atoms with Crippen LogP contribution in [0.5, 0.6) is 5.75 Å². The summed E-state index contributed by atoms with van der Waals surface area (Å²) in [5.74, 6) is 0.536. The van der Waals surface area contributed by atoms with E-state index in [1.165, 1.54) is 11.1 Å². The molecule has 0 radical (unpaired) electrons. The van der Waals surface area contributed by atoms with Crippen LogP contribution in [0.2, 0.25) is 0 Å². The summed E-state index contributed by atoms with van der Waals surface area (Å²) >= 11 is 0. The van der Waals surface area contributed by atoms with Gasteiger partial charge >= 0.3 is 0 Å². The van der Waals surface area contributed by atoms with Crippen LogP contribution >= 0.6 is 0 Å². The molecule has 3 aromatic rings. The second kappa shape index (κ2) is 9.58. The van der Waals surface area contributed by atoms with Crippen LogP contribution in [-0.4, -0.2) is 30.5 Å². The molecule has 1 amide bonds. The van der Waals surface area contributed by atoms with Crippen LogP contribution in [0.4, 0.5) is 4.39 Å². The highest BCUT2D eigenvalue weighted by atomic mass is 19.1. The quantitative estimate of drug-likeness (QED) is 0.636. The van der Waals surface area contributed by atoms with Crippen LogP contribution in [0.1, 0.15) is 33.1 Å². The van der Waals surface area contributed by atoms with Gasteiger partial charge in [-0.2, -0.15) is 0 Å². The summed E-state index contributed by atoms with van der Waals surface area (Å²) in [6, 6.07) is 25.3. The number of halogens is 1. The van der Waals surface area contributed by atoms with Crippen LogP contribution in [0.3, 0.4) is 0 Å². The van der Waals surface area contributed by atoms with Crippen LogP contribution in [0, 0.1) is 0 Å². The predicted octanol–water partition coefficient (Wildman–Crippen LogP) is 4.67. The second-order valence-electron chi connectivity index (χ2n) is 7.55. The van der Waals surface area contributed by atoms with Crippen LogP contribution in [0.25, 0.3) is 0 Å². The largest absolute Gasteiger partial charge is 0.489 e. The van der Waals surface area contributed by atoms with Crippen molar-refractivity contribution < 1.29 is 13.9 Å². The number of benzene rings is 3. The molecule has 0 fully saturated rings. The molecule has 4 rings (SSSR count). The first kappa shape index (κ1) is 20.8. The van der Waals surface area contributed by atoms with E-state index < -0.39 is 0 Å². The molecule has 1 aliphatic rings. The molecule has 2 N–H and O–H groups in total. The number of nitrogens with two attached hydrogens (primary N) is 1. The van der Waals surface area contributed by atoms with Gasteiger partial charge in [0.05, 0.1) is 12.4 Å². The maximum Gasteiger partial charge on any atom is 0.254 e. The number of hydrogen-bond donors (Lipinski definition) is 1. The van der Waals surface area contributed by atoms with Crippen molar-refractivity contribution in [3.05, 3.63) is 113 Å². The fourth-order valence-electron chi connectivity index (χ4n) is 3.95. The maximum atomic E-state index is 13.5. The minimum Gasteiger partial charge on any atom is -0.489 e. The number of amides is 1. The van der Waals surface area contributed by atoms with E-state index in [1.54, 1.807) is 24.3 Å². The Bertz CT molecular complexity index is 1060. The molecule has 31 heavy (non-hydrogen) atoms. The van der Waals surface area contributed by atoms with Gasteiger partial charge in [0.2, 0.25) is 0 Å². The summed E-state index contributed by atoms with van der Waals surface area (Å²) in [4.78, 5) is 15.4. The zero-order valence-electron chi connectivity index (χ0n) is 17.2. The van der Waals surface area contributed by atoms with Crippen LogP contribution < -0.4 is 10.5 Å². The lowest BCUT2D eigenvalue weighted by molar-refractivity contribution is 0.0694. The highest BCUT2D eigenvalue weighted by Gasteiger charge is 2.32. The molecule has 0 bridgehead atoms. The van der Waals surface area contributed by atoms with E-state index in [-0.39, 0.29) is 25.1 Å². The average molecular weight is 416 g/mol. The minimum absolute atomic E-state index is 0.0267. The topological polar surface area (TPSA) is 55.6 Å². The SMILES string of the molecule is NC/C(=C/F)COc1ccc(C(=O)N2CCc3ccccc3[C@@H]2c2ccccc2)cc1. The van der Waals surface area contributed by atoms with Crippen molar-refractivity contribution in [2.45, 2.75) is 12.5 Å². The zero-order chi connectivity index (χ0) is 21.6. The molecule has 0 aromatic heterocycles. The van der Waals surface area contributed by atoms with E-state index in [1.807, 2.05) is 35.2 Å². The van der Waals surface area contributed by atoms with Crippen molar-refractivity contribution in [3.63, 3.8) is 0 Å². The van der Waals surface area contributed by atoms with Crippen molar-refractivity contribution in [2.75, 3.05) is 19.7 Å². The van der Waals surface area contributed by atoms with Gasteiger partial charge in [-0.25, -0.2) is 4.39 Å². The highest BCUT2D eigenvalue weighted by Crippen LogP contribution is 2.36. The number of rotatable bonds is 6. The van der Waals surface area contributed by atoms with Crippen molar-refractivity contribution in [1.29, 1.82) is 0 Å². The molecule has 1 aliphatic heterocycles. The summed E-state index contributed by atoms with van der Waals surface area (Å²) < 4.78 is 18.2. The molecule has 0 unspecified atom stereocenters.